The number of aliphatic carboxylic acids is 1. The summed E-state index contributed by atoms with van der Waals surface area (Å²) in [7, 11) is 0. The summed E-state index contributed by atoms with van der Waals surface area (Å²) in [5, 5.41) is 18.2. The highest BCUT2D eigenvalue weighted by atomic mass is 32.2. The van der Waals surface area contributed by atoms with Gasteiger partial charge in [0.1, 0.15) is 5.82 Å². The molecule has 0 atom stereocenters. The Kier molecular flexibility index (Phi) is 5.07. The predicted molar refractivity (Wildman–Crippen MR) is 79.1 cm³/mol. The van der Waals surface area contributed by atoms with E-state index in [4.69, 9.17) is 5.11 Å². The van der Waals surface area contributed by atoms with E-state index in [0.717, 1.165) is 36.8 Å². The summed E-state index contributed by atoms with van der Waals surface area (Å²) in [5.74, 6) is 0.275. The van der Waals surface area contributed by atoms with Crippen LogP contribution in [0, 0.1) is 0 Å². The molecule has 0 amide bonds. The van der Waals surface area contributed by atoms with Crippen LogP contribution in [-0.4, -0.2) is 31.6 Å². The number of carbonyl (C=O) groups is 1. The van der Waals surface area contributed by atoms with Gasteiger partial charge < -0.3 is 9.67 Å². The lowest BCUT2D eigenvalue weighted by Crippen LogP contribution is -2.29. The summed E-state index contributed by atoms with van der Waals surface area (Å²) in [6.45, 7) is 5.26. The van der Waals surface area contributed by atoms with Crippen molar-refractivity contribution in [2.45, 2.75) is 69.5 Å². The summed E-state index contributed by atoms with van der Waals surface area (Å²) in [6.07, 6.45) is 7.09. The van der Waals surface area contributed by atoms with Gasteiger partial charge in [-0.2, -0.15) is 0 Å². The van der Waals surface area contributed by atoms with E-state index >= 15 is 0 Å². The number of nitrogens with zero attached hydrogens (tertiary/aromatic N) is 3. The highest BCUT2D eigenvalue weighted by Crippen LogP contribution is 2.39. The zero-order valence-corrected chi connectivity index (χ0v) is 13.1. The van der Waals surface area contributed by atoms with Gasteiger partial charge in [0.15, 0.2) is 5.16 Å². The molecule has 0 radical (unpaired) electrons. The molecule has 0 unspecified atom stereocenters. The van der Waals surface area contributed by atoms with Crippen molar-refractivity contribution in [1.82, 2.24) is 14.8 Å². The summed E-state index contributed by atoms with van der Waals surface area (Å²) >= 11 is 1.27. The molecule has 1 N–H and O–H groups in total. The molecule has 20 heavy (non-hydrogen) atoms. The van der Waals surface area contributed by atoms with Crippen LogP contribution in [0.5, 0.6) is 0 Å². The first-order chi connectivity index (χ1) is 9.57. The SMILES string of the molecule is CCCn1c(SCC(=O)O)nnc1C1(C)CCCCC1. The molecule has 0 aromatic carbocycles. The zero-order chi connectivity index (χ0) is 14.6. The fraction of sp³-hybridized carbons (Fsp3) is 0.786. The Bertz CT molecular complexity index is 467. The Hall–Kier alpha value is -1.04. The second-order valence-corrected chi connectivity index (χ2v) is 6.70. The average molecular weight is 297 g/mol. The first-order valence-electron chi connectivity index (χ1n) is 7.35. The third-order valence-electron chi connectivity index (χ3n) is 3.99. The maximum Gasteiger partial charge on any atom is 0.313 e. The largest absolute Gasteiger partial charge is 0.481 e. The third-order valence-corrected chi connectivity index (χ3v) is 4.94. The van der Waals surface area contributed by atoms with Gasteiger partial charge in [-0.3, -0.25) is 4.79 Å². The Morgan fingerprint density at radius 3 is 2.65 bits per heavy atom. The molecule has 0 saturated heterocycles. The van der Waals surface area contributed by atoms with Gasteiger partial charge >= 0.3 is 5.97 Å². The van der Waals surface area contributed by atoms with Gasteiger partial charge in [0.05, 0.1) is 5.75 Å². The van der Waals surface area contributed by atoms with Crippen molar-refractivity contribution in [3.05, 3.63) is 5.82 Å². The molecular formula is C14H23N3O2S. The number of rotatable bonds is 6. The van der Waals surface area contributed by atoms with Crippen molar-refractivity contribution >= 4 is 17.7 Å². The molecule has 0 aliphatic heterocycles. The van der Waals surface area contributed by atoms with E-state index in [2.05, 4.69) is 28.6 Å². The Morgan fingerprint density at radius 1 is 1.35 bits per heavy atom. The van der Waals surface area contributed by atoms with Crippen LogP contribution in [-0.2, 0) is 16.8 Å². The molecule has 1 fully saturated rings. The van der Waals surface area contributed by atoms with Crippen LogP contribution < -0.4 is 0 Å². The molecule has 2 rings (SSSR count). The van der Waals surface area contributed by atoms with Crippen LogP contribution in [0.1, 0.15) is 58.2 Å². The van der Waals surface area contributed by atoms with Gasteiger partial charge in [0.25, 0.3) is 0 Å². The van der Waals surface area contributed by atoms with Crippen molar-refractivity contribution in [3.8, 4) is 0 Å². The summed E-state index contributed by atoms with van der Waals surface area (Å²) in [4.78, 5) is 10.7. The van der Waals surface area contributed by atoms with Crippen molar-refractivity contribution < 1.29 is 9.90 Å². The van der Waals surface area contributed by atoms with Crippen molar-refractivity contribution in [3.63, 3.8) is 0 Å². The molecule has 112 valence electrons. The normalized spacial score (nSPS) is 18.1. The number of carboxylic acids is 1. The first-order valence-corrected chi connectivity index (χ1v) is 8.33. The number of aromatic nitrogens is 3. The van der Waals surface area contributed by atoms with E-state index in [0.29, 0.717) is 0 Å². The smallest absolute Gasteiger partial charge is 0.313 e. The molecule has 1 aromatic rings. The molecule has 0 spiro atoms. The molecule has 6 heteroatoms. The van der Waals surface area contributed by atoms with E-state index < -0.39 is 5.97 Å². The first kappa shape index (κ1) is 15.4. The minimum Gasteiger partial charge on any atom is -0.481 e. The monoisotopic (exact) mass is 297 g/mol. The van der Waals surface area contributed by atoms with E-state index in [1.165, 1.54) is 31.0 Å². The van der Waals surface area contributed by atoms with E-state index in [-0.39, 0.29) is 11.2 Å². The van der Waals surface area contributed by atoms with Gasteiger partial charge in [-0.1, -0.05) is 44.9 Å². The van der Waals surface area contributed by atoms with E-state index in [9.17, 15) is 4.79 Å². The Balaban J connectivity index is 2.25. The topological polar surface area (TPSA) is 68.0 Å². The maximum absolute atomic E-state index is 10.7. The fourth-order valence-electron chi connectivity index (χ4n) is 2.95. The Labute approximate surface area is 124 Å². The number of thioether (sulfide) groups is 1. The predicted octanol–water partition coefficient (Wildman–Crippen LogP) is 3.09. The molecule has 5 nitrogen and oxygen atoms in total. The van der Waals surface area contributed by atoms with E-state index in [1.54, 1.807) is 0 Å². The van der Waals surface area contributed by atoms with E-state index in [1.807, 2.05) is 0 Å². The van der Waals surface area contributed by atoms with Crippen LogP contribution in [0.25, 0.3) is 0 Å². The fourth-order valence-corrected chi connectivity index (χ4v) is 3.63. The second-order valence-electron chi connectivity index (χ2n) is 5.76. The average Bonchev–Trinajstić information content (AvgIpc) is 2.81. The van der Waals surface area contributed by atoms with Crippen molar-refractivity contribution in [1.29, 1.82) is 0 Å². The maximum atomic E-state index is 10.7. The van der Waals surface area contributed by atoms with Crippen LogP contribution in [0.15, 0.2) is 5.16 Å². The van der Waals surface area contributed by atoms with Gasteiger partial charge in [-0.25, -0.2) is 0 Å². The highest BCUT2D eigenvalue weighted by molar-refractivity contribution is 7.99. The standard InChI is InChI=1S/C14H23N3O2S/c1-3-9-17-12(14(2)7-5-4-6-8-14)15-16-13(17)20-10-11(18)19/h3-10H2,1-2H3,(H,18,19). The number of carboxylic acid groups (broad SMARTS) is 1. The number of hydrogen-bond donors (Lipinski definition) is 1. The molecular weight excluding hydrogens is 274 g/mol. The third kappa shape index (κ3) is 3.34. The van der Waals surface area contributed by atoms with Gasteiger partial charge in [-0.05, 0) is 19.3 Å². The zero-order valence-electron chi connectivity index (χ0n) is 12.3. The molecule has 1 aliphatic rings. The van der Waals surface area contributed by atoms with Crippen molar-refractivity contribution in [2.24, 2.45) is 0 Å². The highest BCUT2D eigenvalue weighted by Gasteiger charge is 2.34. The van der Waals surface area contributed by atoms with Crippen molar-refractivity contribution in [2.75, 3.05) is 5.75 Å². The molecule has 1 aliphatic carbocycles. The second kappa shape index (κ2) is 6.61. The number of hydrogen-bond acceptors (Lipinski definition) is 4. The molecule has 1 heterocycles. The summed E-state index contributed by atoms with van der Waals surface area (Å²) < 4.78 is 2.14. The van der Waals surface area contributed by atoms with Crippen LogP contribution in [0.4, 0.5) is 0 Å². The lowest BCUT2D eigenvalue weighted by atomic mass is 9.75. The minimum absolute atomic E-state index is 0.0402. The summed E-state index contributed by atoms with van der Waals surface area (Å²) in [6, 6.07) is 0. The van der Waals surface area contributed by atoms with Crippen LogP contribution in [0.3, 0.4) is 0 Å². The molecule has 0 bridgehead atoms. The lowest BCUT2D eigenvalue weighted by molar-refractivity contribution is -0.133. The minimum atomic E-state index is -0.813. The molecule has 1 aromatic heterocycles. The van der Waals surface area contributed by atoms with Gasteiger partial charge in [0.2, 0.25) is 0 Å². The van der Waals surface area contributed by atoms with Crippen LogP contribution in [0.2, 0.25) is 0 Å². The summed E-state index contributed by atoms with van der Waals surface area (Å²) in [5.41, 5.74) is 0.0997. The quantitative estimate of drug-likeness (QED) is 0.817. The lowest BCUT2D eigenvalue weighted by Gasteiger charge is -2.32. The van der Waals surface area contributed by atoms with Gasteiger partial charge in [0, 0.05) is 12.0 Å². The van der Waals surface area contributed by atoms with Gasteiger partial charge in [-0.15, -0.1) is 10.2 Å². The molecule has 1 saturated carbocycles. The van der Waals surface area contributed by atoms with Crippen LogP contribution >= 0.6 is 11.8 Å². The Morgan fingerprint density at radius 2 is 2.05 bits per heavy atom.